The van der Waals surface area contributed by atoms with Crippen molar-refractivity contribution >= 4 is 11.8 Å². The molecule has 7 nitrogen and oxygen atoms in total. The predicted octanol–water partition coefficient (Wildman–Crippen LogP) is 1.95. The van der Waals surface area contributed by atoms with Gasteiger partial charge in [0.05, 0.1) is 24.9 Å². The number of amides is 2. The molecule has 0 unspecified atom stereocenters. The number of benzene rings is 2. The summed E-state index contributed by atoms with van der Waals surface area (Å²) in [6, 6.07) is 17.9. The van der Waals surface area contributed by atoms with Crippen LogP contribution in [0.25, 0.3) is 11.1 Å². The Labute approximate surface area is 180 Å². The van der Waals surface area contributed by atoms with Crippen molar-refractivity contribution in [1.29, 1.82) is 0 Å². The summed E-state index contributed by atoms with van der Waals surface area (Å²) in [6.45, 7) is 0.288. The van der Waals surface area contributed by atoms with Crippen LogP contribution < -0.4 is 0 Å². The fourth-order valence-electron chi connectivity index (χ4n) is 4.75. The molecule has 0 aliphatic carbocycles. The van der Waals surface area contributed by atoms with Gasteiger partial charge in [-0.15, -0.1) is 0 Å². The molecule has 1 aromatic heterocycles. The molecule has 2 amide bonds. The van der Waals surface area contributed by atoms with Crippen LogP contribution in [0.2, 0.25) is 0 Å². The fraction of sp³-hybridized carbons (Fsp3) is 0.250. The van der Waals surface area contributed by atoms with Crippen molar-refractivity contribution in [2.45, 2.75) is 18.0 Å². The summed E-state index contributed by atoms with van der Waals surface area (Å²) in [4.78, 5) is 36.9. The number of aromatic nitrogens is 2. The molecule has 0 bridgehead atoms. The van der Waals surface area contributed by atoms with Gasteiger partial charge in [-0.05, 0) is 16.7 Å². The van der Waals surface area contributed by atoms with Crippen molar-refractivity contribution < 1.29 is 14.7 Å². The SMILES string of the molecule is O=C(c1cnccn1)N1CC(=O)N2[C@H](C1)[C@@H](c1ccc(-c3ccccc3)cc1)[C@@H]2CO. The maximum atomic E-state index is 12.8. The Morgan fingerprint density at radius 1 is 1.03 bits per heavy atom. The standard InChI is InChI=1S/C24H22N4O3/c29-15-21-23(18-8-6-17(7-9-18)16-4-2-1-3-5-16)20-13-27(14-22(30)28(20)21)24(31)19-12-25-10-11-26-19/h1-12,20-21,23,29H,13-15H2/t20-,21+,23-/m1/s1. The number of rotatable bonds is 4. The summed E-state index contributed by atoms with van der Waals surface area (Å²) < 4.78 is 0. The van der Waals surface area contributed by atoms with E-state index in [0.29, 0.717) is 6.54 Å². The average Bonchev–Trinajstić information content (AvgIpc) is 2.81. The molecule has 3 aromatic rings. The van der Waals surface area contributed by atoms with Gasteiger partial charge in [-0.3, -0.25) is 14.6 Å². The van der Waals surface area contributed by atoms with Crippen LogP contribution in [0.1, 0.15) is 22.0 Å². The summed E-state index contributed by atoms with van der Waals surface area (Å²) in [5, 5.41) is 9.97. The molecule has 0 radical (unpaired) electrons. The molecule has 3 atom stereocenters. The lowest BCUT2D eigenvalue weighted by molar-refractivity contribution is -0.159. The van der Waals surface area contributed by atoms with Crippen molar-refractivity contribution in [3.05, 3.63) is 84.4 Å². The number of carbonyl (C=O) groups excluding carboxylic acids is 2. The quantitative estimate of drug-likeness (QED) is 0.705. The van der Waals surface area contributed by atoms with Crippen LogP contribution in [0, 0.1) is 0 Å². The second kappa shape index (κ2) is 7.92. The average molecular weight is 414 g/mol. The summed E-state index contributed by atoms with van der Waals surface area (Å²) >= 11 is 0. The molecular weight excluding hydrogens is 392 g/mol. The number of aliphatic hydroxyl groups excluding tert-OH is 1. The third kappa shape index (κ3) is 3.37. The number of piperazine rings is 1. The zero-order chi connectivity index (χ0) is 21.4. The predicted molar refractivity (Wildman–Crippen MR) is 114 cm³/mol. The maximum Gasteiger partial charge on any atom is 0.274 e. The summed E-state index contributed by atoms with van der Waals surface area (Å²) in [5.41, 5.74) is 3.53. The molecule has 1 N–H and O–H groups in total. The molecular formula is C24H22N4O3. The lowest BCUT2D eigenvalue weighted by atomic mass is 9.73. The van der Waals surface area contributed by atoms with Crippen LogP contribution in [-0.2, 0) is 4.79 Å². The van der Waals surface area contributed by atoms with Gasteiger partial charge in [-0.25, -0.2) is 4.98 Å². The Morgan fingerprint density at radius 2 is 1.77 bits per heavy atom. The van der Waals surface area contributed by atoms with Gasteiger partial charge in [0.1, 0.15) is 12.2 Å². The van der Waals surface area contributed by atoms with E-state index in [4.69, 9.17) is 0 Å². The highest BCUT2D eigenvalue weighted by Gasteiger charge is 2.54. The van der Waals surface area contributed by atoms with Crippen LogP contribution in [0.3, 0.4) is 0 Å². The number of hydrogen-bond acceptors (Lipinski definition) is 5. The second-order valence-corrected chi connectivity index (χ2v) is 7.91. The first kappa shape index (κ1) is 19.4. The molecule has 5 rings (SSSR count). The van der Waals surface area contributed by atoms with E-state index < -0.39 is 0 Å². The van der Waals surface area contributed by atoms with Crippen LogP contribution >= 0.6 is 0 Å². The lowest BCUT2D eigenvalue weighted by Crippen LogP contribution is -2.73. The molecule has 0 saturated carbocycles. The molecule has 2 aliphatic rings. The Morgan fingerprint density at radius 3 is 2.45 bits per heavy atom. The minimum Gasteiger partial charge on any atom is -0.394 e. The van der Waals surface area contributed by atoms with Gasteiger partial charge in [-0.1, -0.05) is 54.6 Å². The van der Waals surface area contributed by atoms with E-state index in [0.717, 1.165) is 16.7 Å². The molecule has 3 heterocycles. The van der Waals surface area contributed by atoms with Gasteiger partial charge in [-0.2, -0.15) is 0 Å². The maximum absolute atomic E-state index is 12.8. The zero-order valence-electron chi connectivity index (χ0n) is 16.8. The number of aliphatic hydroxyl groups is 1. The van der Waals surface area contributed by atoms with Gasteiger partial charge in [0.25, 0.3) is 5.91 Å². The van der Waals surface area contributed by atoms with Gasteiger partial charge < -0.3 is 14.9 Å². The third-order valence-corrected chi connectivity index (χ3v) is 6.22. The van der Waals surface area contributed by atoms with Gasteiger partial charge in [0.15, 0.2) is 0 Å². The highest BCUT2D eigenvalue weighted by molar-refractivity contribution is 5.96. The fourth-order valence-corrected chi connectivity index (χ4v) is 4.75. The van der Waals surface area contributed by atoms with Crippen molar-refractivity contribution in [2.75, 3.05) is 19.7 Å². The van der Waals surface area contributed by atoms with E-state index in [1.165, 1.54) is 23.5 Å². The Bertz CT molecular complexity index is 1090. The van der Waals surface area contributed by atoms with Crippen LogP contribution in [0.4, 0.5) is 0 Å². The van der Waals surface area contributed by atoms with Crippen molar-refractivity contribution in [1.82, 2.24) is 19.8 Å². The topological polar surface area (TPSA) is 86.6 Å². The number of hydrogen-bond donors (Lipinski definition) is 1. The summed E-state index contributed by atoms with van der Waals surface area (Å²) in [7, 11) is 0. The Hall–Kier alpha value is -3.58. The van der Waals surface area contributed by atoms with E-state index in [-0.39, 0.29) is 48.7 Å². The monoisotopic (exact) mass is 414 g/mol. The number of fused-ring (bicyclic) bond motifs is 1. The normalized spacial score (nSPS) is 22.6. The number of nitrogens with zero attached hydrogens (tertiary/aromatic N) is 4. The molecule has 0 spiro atoms. The Kier molecular flexibility index (Phi) is 4.95. The van der Waals surface area contributed by atoms with Crippen molar-refractivity contribution in [2.24, 2.45) is 0 Å². The number of carbonyl (C=O) groups is 2. The minimum absolute atomic E-state index is 0.0118. The first-order valence-electron chi connectivity index (χ1n) is 10.3. The van der Waals surface area contributed by atoms with Crippen molar-refractivity contribution in [3.63, 3.8) is 0 Å². The molecule has 2 saturated heterocycles. The van der Waals surface area contributed by atoms with Crippen LogP contribution in [-0.4, -0.2) is 68.5 Å². The van der Waals surface area contributed by atoms with E-state index in [1.54, 1.807) is 4.90 Å². The molecule has 2 aromatic carbocycles. The largest absolute Gasteiger partial charge is 0.394 e. The van der Waals surface area contributed by atoms with E-state index in [9.17, 15) is 14.7 Å². The van der Waals surface area contributed by atoms with Gasteiger partial charge >= 0.3 is 0 Å². The van der Waals surface area contributed by atoms with Crippen LogP contribution in [0.5, 0.6) is 0 Å². The molecule has 2 fully saturated rings. The minimum atomic E-state index is -0.299. The third-order valence-electron chi connectivity index (χ3n) is 6.22. The molecule has 2 aliphatic heterocycles. The Balaban J connectivity index is 1.39. The first-order valence-corrected chi connectivity index (χ1v) is 10.3. The van der Waals surface area contributed by atoms with Crippen LogP contribution in [0.15, 0.2) is 73.2 Å². The molecule has 156 valence electrons. The first-order chi connectivity index (χ1) is 15.2. The second-order valence-electron chi connectivity index (χ2n) is 7.91. The van der Waals surface area contributed by atoms with Crippen molar-refractivity contribution in [3.8, 4) is 11.1 Å². The molecule has 7 heteroatoms. The highest BCUT2D eigenvalue weighted by Crippen LogP contribution is 2.43. The van der Waals surface area contributed by atoms with Gasteiger partial charge in [0, 0.05) is 24.9 Å². The highest BCUT2D eigenvalue weighted by atomic mass is 16.3. The molecule has 31 heavy (non-hydrogen) atoms. The smallest absolute Gasteiger partial charge is 0.274 e. The van der Waals surface area contributed by atoms with Gasteiger partial charge in [0.2, 0.25) is 5.91 Å². The zero-order valence-corrected chi connectivity index (χ0v) is 16.8. The lowest BCUT2D eigenvalue weighted by Gasteiger charge is -2.58. The summed E-state index contributed by atoms with van der Waals surface area (Å²) in [6.07, 6.45) is 4.39. The van der Waals surface area contributed by atoms with E-state index in [2.05, 4.69) is 46.4 Å². The summed E-state index contributed by atoms with van der Waals surface area (Å²) in [5.74, 6) is -0.479. The van der Waals surface area contributed by atoms with E-state index >= 15 is 0 Å². The van der Waals surface area contributed by atoms with E-state index in [1.807, 2.05) is 18.2 Å².